The number of aryl methyl sites for hydroxylation is 1. The Morgan fingerprint density at radius 2 is 2.06 bits per heavy atom. The molecular formula is C12H22N4. The summed E-state index contributed by atoms with van der Waals surface area (Å²) in [5.41, 5.74) is 5.69. The van der Waals surface area contributed by atoms with Crippen LogP contribution in [0.5, 0.6) is 0 Å². The molecule has 4 nitrogen and oxygen atoms in total. The summed E-state index contributed by atoms with van der Waals surface area (Å²) in [7, 11) is 0. The van der Waals surface area contributed by atoms with Crippen LogP contribution in [0.2, 0.25) is 0 Å². The fraction of sp³-hybridized carbons (Fsp3) is 0.833. The van der Waals surface area contributed by atoms with E-state index < -0.39 is 0 Å². The second-order valence-electron chi connectivity index (χ2n) is 5.12. The van der Waals surface area contributed by atoms with E-state index in [1.807, 2.05) is 0 Å². The zero-order valence-corrected chi connectivity index (χ0v) is 10.1. The summed E-state index contributed by atoms with van der Waals surface area (Å²) in [4.78, 5) is 4.62. The van der Waals surface area contributed by atoms with E-state index in [0.717, 1.165) is 24.5 Å². The zero-order valence-electron chi connectivity index (χ0n) is 10.1. The SMILES string of the molecule is CC1(c2n[nH]c(CCCN)n2)CCCCC1. The van der Waals surface area contributed by atoms with Gasteiger partial charge in [-0.3, -0.25) is 5.10 Å². The lowest BCUT2D eigenvalue weighted by atomic mass is 9.75. The lowest BCUT2D eigenvalue weighted by molar-refractivity contribution is 0.304. The highest BCUT2D eigenvalue weighted by atomic mass is 15.2. The van der Waals surface area contributed by atoms with Crippen molar-refractivity contribution in [2.24, 2.45) is 5.73 Å². The molecule has 0 spiro atoms. The minimum Gasteiger partial charge on any atom is -0.330 e. The van der Waals surface area contributed by atoms with Crippen LogP contribution in [0.3, 0.4) is 0 Å². The van der Waals surface area contributed by atoms with Gasteiger partial charge < -0.3 is 5.73 Å². The van der Waals surface area contributed by atoms with Gasteiger partial charge in [-0.1, -0.05) is 26.2 Å². The predicted molar refractivity (Wildman–Crippen MR) is 64.2 cm³/mol. The molecule has 0 atom stereocenters. The standard InChI is InChI=1S/C12H22N4/c1-12(7-3-2-4-8-12)11-14-10(15-16-11)6-5-9-13/h2-9,13H2,1H3,(H,14,15,16). The number of rotatable bonds is 4. The number of nitrogens with zero attached hydrogens (tertiary/aromatic N) is 2. The fourth-order valence-corrected chi connectivity index (χ4v) is 2.50. The monoisotopic (exact) mass is 222 g/mol. The van der Waals surface area contributed by atoms with Crippen molar-refractivity contribution in [1.29, 1.82) is 0 Å². The van der Waals surface area contributed by atoms with Crippen molar-refractivity contribution in [2.45, 2.75) is 57.3 Å². The van der Waals surface area contributed by atoms with E-state index in [1.165, 1.54) is 32.1 Å². The first-order chi connectivity index (χ1) is 7.74. The molecule has 1 aromatic rings. The van der Waals surface area contributed by atoms with Gasteiger partial charge in [-0.05, 0) is 25.8 Å². The Balaban J connectivity index is 2.05. The summed E-state index contributed by atoms with van der Waals surface area (Å²) in [5, 5.41) is 7.43. The van der Waals surface area contributed by atoms with Crippen LogP contribution < -0.4 is 5.73 Å². The smallest absolute Gasteiger partial charge is 0.156 e. The van der Waals surface area contributed by atoms with Crippen LogP contribution in [0, 0.1) is 0 Å². The highest BCUT2D eigenvalue weighted by molar-refractivity contribution is 5.07. The molecule has 0 saturated heterocycles. The Morgan fingerprint density at radius 3 is 2.75 bits per heavy atom. The molecule has 90 valence electrons. The first-order valence-electron chi connectivity index (χ1n) is 6.36. The van der Waals surface area contributed by atoms with Crippen molar-refractivity contribution in [2.75, 3.05) is 6.54 Å². The largest absolute Gasteiger partial charge is 0.330 e. The Hall–Kier alpha value is -0.900. The second-order valence-corrected chi connectivity index (χ2v) is 5.12. The van der Waals surface area contributed by atoms with Gasteiger partial charge in [0, 0.05) is 11.8 Å². The second kappa shape index (κ2) is 4.95. The highest BCUT2D eigenvalue weighted by Crippen LogP contribution is 2.36. The van der Waals surface area contributed by atoms with Crippen LogP contribution in [-0.2, 0) is 11.8 Å². The topological polar surface area (TPSA) is 67.6 Å². The zero-order chi connectivity index (χ0) is 11.4. The molecule has 1 aliphatic rings. The number of hydrogen-bond donors (Lipinski definition) is 2. The van der Waals surface area contributed by atoms with Crippen molar-refractivity contribution in [1.82, 2.24) is 15.2 Å². The van der Waals surface area contributed by atoms with E-state index in [2.05, 4.69) is 22.1 Å². The molecule has 0 amide bonds. The number of aromatic nitrogens is 3. The first kappa shape index (κ1) is 11.6. The Bertz CT molecular complexity index is 326. The third kappa shape index (κ3) is 2.43. The van der Waals surface area contributed by atoms with Crippen molar-refractivity contribution >= 4 is 0 Å². The average Bonchev–Trinajstić information content (AvgIpc) is 2.77. The van der Waals surface area contributed by atoms with Gasteiger partial charge in [0.1, 0.15) is 5.82 Å². The fourth-order valence-electron chi connectivity index (χ4n) is 2.50. The van der Waals surface area contributed by atoms with Crippen molar-refractivity contribution < 1.29 is 0 Å². The molecule has 0 unspecified atom stereocenters. The Kier molecular flexibility index (Phi) is 3.59. The summed E-state index contributed by atoms with van der Waals surface area (Å²) >= 11 is 0. The Morgan fingerprint density at radius 1 is 1.31 bits per heavy atom. The molecule has 0 bridgehead atoms. The van der Waals surface area contributed by atoms with Crippen molar-refractivity contribution in [3.63, 3.8) is 0 Å². The minimum absolute atomic E-state index is 0.204. The van der Waals surface area contributed by atoms with Crippen LogP contribution in [0.1, 0.15) is 57.1 Å². The summed E-state index contributed by atoms with van der Waals surface area (Å²) in [6.45, 7) is 3.01. The molecule has 0 aromatic carbocycles. The third-order valence-electron chi connectivity index (χ3n) is 3.65. The van der Waals surface area contributed by atoms with Gasteiger partial charge >= 0.3 is 0 Å². The maximum absolute atomic E-state index is 5.49. The number of hydrogen-bond acceptors (Lipinski definition) is 3. The van der Waals surface area contributed by atoms with Gasteiger partial charge in [-0.15, -0.1) is 0 Å². The molecule has 0 radical (unpaired) electrons. The quantitative estimate of drug-likeness (QED) is 0.817. The van der Waals surface area contributed by atoms with Gasteiger partial charge in [0.15, 0.2) is 5.82 Å². The van der Waals surface area contributed by atoms with Gasteiger partial charge in [-0.2, -0.15) is 5.10 Å². The molecule has 2 rings (SSSR count). The van der Waals surface area contributed by atoms with E-state index in [1.54, 1.807) is 0 Å². The molecule has 4 heteroatoms. The lowest BCUT2D eigenvalue weighted by Gasteiger charge is -2.30. The first-order valence-corrected chi connectivity index (χ1v) is 6.36. The lowest BCUT2D eigenvalue weighted by Crippen LogP contribution is -2.26. The normalized spacial score (nSPS) is 19.9. The van der Waals surface area contributed by atoms with Gasteiger partial charge in [0.2, 0.25) is 0 Å². The molecular weight excluding hydrogens is 200 g/mol. The molecule has 1 aliphatic carbocycles. The number of nitrogens with one attached hydrogen (secondary N) is 1. The maximum Gasteiger partial charge on any atom is 0.156 e. The van der Waals surface area contributed by atoms with Crippen LogP contribution in [0.15, 0.2) is 0 Å². The molecule has 16 heavy (non-hydrogen) atoms. The van der Waals surface area contributed by atoms with Crippen LogP contribution >= 0.6 is 0 Å². The van der Waals surface area contributed by atoms with Gasteiger partial charge in [0.25, 0.3) is 0 Å². The number of aromatic amines is 1. The summed E-state index contributed by atoms with van der Waals surface area (Å²) in [5.74, 6) is 2.01. The van der Waals surface area contributed by atoms with E-state index in [-0.39, 0.29) is 5.41 Å². The third-order valence-corrected chi connectivity index (χ3v) is 3.65. The summed E-state index contributed by atoms with van der Waals surface area (Å²) in [6.07, 6.45) is 8.32. The molecule has 1 fully saturated rings. The predicted octanol–water partition coefficient (Wildman–Crippen LogP) is 1.92. The molecule has 1 saturated carbocycles. The number of nitrogens with two attached hydrogens (primary N) is 1. The van der Waals surface area contributed by atoms with Crippen LogP contribution in [0.25, 0.3) is 0 Å². The van der Waals surface area contributed by atoms with E-state index >= 15 is 0 Å². The summed E-state index contributed by atoms with van der Waals surface area (Å²) in [6, 6.07) is 0. The maximum atomic E-state index is 5.49. The van der Waals surface area contributed by atoms with E-state index in [4.69, 9.17) is 5.73 Å². The average molecular weight is 222 g/mol. The molecule has 3 N–H and O–H groups in total. The highest BCUT2D eigenvalue weighted by Gasteiger charge is 2.32. The Labute approximate surface area is 97.0 Å². The van der Waals surface area contributed by atoms with E-state index in [9.17, 15) is 0 Å². The molecule has 1 heterocycles. The van der Waals surface area contributed by atoms with Crippen molar-refractivity contribution in [3.8, 4) is 0 Å². The van der Waals surface area contributed by atoms with Crippen LogP contribution in [0.4, 0.5) is 0 Å². The van der Waals surface area contributed by atoms with Gasteiger partial charge in [-0.25, -0.2) is 4.98 Å². The van der Waals surface area contributed by atoms with E-state index in [0.29, 0.717) is 6.54 Å². The van der Waals surface area contributed by atoms with Crippen molar-refractivity contribution in [3.05, 3.63) is 11.6 Å². The number of H-pyrrole nitrogens is 1. The minimum atomic E-state index is 0.204. The molecule has 0 aliphatic heterocycles. The van der Waals surface area contributed by atoms with Crippen LogP contribution in [-0.4, -0.2) is 21.7 Å². The molecule has 1 aromatic heterocycles. The van der Waals surface area contributed by atoms with Gasteiger partial charge in [0.05, 0.1) is 0 Å². The summed E-state index contributed by atoms with van der Waals surface area (Å²) < 4.78 is 0.